The molecule has 68 valence electrons. The maximum Gasteiger partial charge on any atom is 0.0410 e. The molecule has 0 fully saturated rings. The van der Waals surface area contributed by atoms with E-state index in [0.717, 1.165) is 12.3 Å². The Labute approximate surface area is 83.8 Å². The Kier molecular flexibility index (Phi) is 4.12. The molecule has 0 spiro atoms. The highest BCUT2D eigenvalue weighted by molar-refractivity contribution is 7.80. The summed E-state index contributed by atoms with van der Waals surface area (Å²) in [5.74, 6) is 0.923. The molecule has 1 rings (SSSR count). The Morgan fingerprint density at radius 1 is 1.67 bits per heavy atom. The minimum atomic E-state index is 0.525. The summed E-state index contributed by atoms with van der Waals surface area (Å²) >= 11 is 6.03. The normalized spacial score (nSPS) is 13.7. The molecule has 0 aliphatic heterocycles. The quantitative estimate of drug-likeness (QED) is 0.733. The van der Waals surface area contributed by atoms with E-state index in [1.165, 1.54) is 4.88 Å². The minimum absolute atomic E-state index is 0.525. The van der Waals surface area contributed by atoms with Crippen LogP contribution < -0.4 is 0 Å². The summed E-state index contributed by atoms with van der Waals surface area (Å²) in [6.45, 7) is 3.28. The smallest absolute Gasteiger partial charge is 0.0410 e. The summed E-state index contributed by atoms with van der Waals surface area (Å²) in [5, 5.41) is 2.13. The molecule has 0 aliphatic carbocycles. The van der Waals surface area contributed by atoms with Crippen molar-refractivity contribution in [3.8, 4) is 0 Å². The SMILES string of the molecule is CC(c1cccs1)N(C)CCS. The lowest BCUT2D eigenvalue weighted by Gasteiger charge is -2.22. The van der Waals surface area contributed by atoms with Gasteiger partial charge in [-0.25, -0.2) is 0 Å². The summed E-state index contributed by atoms with van der Waals surface area (Å²) in [7, 11) is 2.14. The van der Waals surface area contributed by atoms with Crippen molar-refractivity contribution in [2.24, 2.45) is 0 Å². The van der Waals surface area contributed by atoms with E-state index in [2.05, 4.69) is 49.0 Å². The average molecular weight is 201 g/mol. The lowest BCUT2D eigenvalue weighted by molar-refractivity contribution is 0.282. The number of nitrogens with zero attached hydrogens (tertiary/aromatic N) is 1. The molecule has 0 amide bonds. The first-order valence-corrected chi connectivity index (χ1v) is 5.61. The second-order valence-electron chi connectivity index (χ2n) is 2.90. The summed E-state index contributed by atoms with van der Waals surface area (Å²) in [5.41, 5.74) is 0. The largest absolute Gasteiger partial charge is 0.298 e. The first kappa shape index (κ1) is 10.1. The van der Waals surface area contributed by atoms with Gasteiger partial charge in [-0.1, -0.05) is 6.07 Å². The van der Waals surface area contributed by atoms with Crippen molar-refractivity contribution in [3.05, 3.63) is 22.4 Å². The Bertz CT molecular complexity index is 208. The summed E-state index contributed by atoms with van der Waals surface area (Å²) < 4.78 is 0. The summed E-state index contributed by atoms with van der Waals surface area (Å²) in [4.78, 5) is 3.75. The third kappa shape index (κ3) is 2.51. The third-order valence-corrected chi connectivity index (χ3v) is 3.31. The maximum atomic E-state index is 4.21. The molecule has 1 aromatic rings. The van der Waals surface area contributed by atoms with Crippen LogP contribution in [0.15, 0.2) is 17.5 Å². The molecule has 0 saturated carbocycles. The molecule has 0 bridgehead atoms. The Morgan fingerprint density at radius 2 is 2.42 bits per heavy atom. The van der Waals surface area contributed by atoms with Crippen LogP contribution >= 0.6 is 24.0 Å². The van der Waals surface area contributed by atoms with Crippen LogP contribution in [-0.4, -0.2) is 24.2 Å². The highest BCUT2D eigenvalue weighted by atomic mass is 32.1. The second kappa shape index (κ2) is 4.90. The van der Waals surface area contributed by atoms with E-state index in [1.807, 2.05) is 11.3 Å². The first-order chi connectivity index (χ1) is 5.75. The number of hydrogen-bond donors (Lipinski definition) is 1. The highest BCUT2D eigenvalue weighted by Crippen LogP contribution is 2.22. The number of thiophene rings is 1. The fourth-order valence-corrected chi connectivity index (χ4v) is 2.26. The minimum Gasteiger partial charge on any atom is -0.298 e. The Balaban J connectivity index is 2.53. The predicted octanol–water partition coefficient (Wildman–Crippen LogP) is 2.67. The van der Waals surface area contributed by atoms with Crippen molar-refractivity contribution >= 4 is 24.0 Å². The van der Waals surface area contributed by atoms with E-state index in [1.54, 1.807) is 0 Å². The van der Waals surface area contributed by atoms with Crippen LogP contribution in [0.1, 0.15) is 17.8 Å². The molecule has 1 nitrogen and oxygen atoms in total. The van der Waals surface area contributed by atoms with Crippen LogP contribution in [0.25, 0.3) is 0 Å². The maximum absolute atomic E-state index is 4.21. The predicted molar refractivity (Wildman–Crippen MR) is 59.2 cm³/mol. The van der Waals surface area contributed by atoms with Gasteiger partial charge in [0.2, 0.25) is 0 Å². The standard InChI is InChI=1S/C9H15NS2/c1-8(10(2)5-6-11)9-4-3-7-12-9/h3-4,7-8,11H,5-6H2,1-2H3. The van der Waals surface area contributed by atoms with Gasteiger partial charge < -0.3 is 0 Å². The monoisotopic (exact) mass is 201 g/mol. The van der Waals surface area contributed by atoms with Gasteiger partial charge in [0.05, 0.1) is 0 Å². The molecule has 0 radical (unpaired) electrons. The van der Waals surface area contributed by atoms with E-state index in [9.17, 15) is 0 Å². The van der Waals surface area contributed by atoms with Gasteiger partial charge in [-0.3, -0.25) is 4.90 Å². The highest BCUT2D eigenvalue weighted by Gasteiger charge is 2.10. The Morgan fingerprint density at radius 3 is 2.92 bits per heavy atom. The molecule has 0 N–H and O–H groups in total. The van der Waals surface area contributed by atoms with E-state index in [0.29, 0.717) is 6.04 Å². The summed E-state index contributed by atoms with van der Waals surface area (Å²) in [6, 6.07) is 4.81. The first-order valence-electron chi connectivity index (χ1n) is 4.10. The van der Waals surface area contributed by atoms with E-state index >= 15 is 0 Å². The van der Waals surface area contributed by atoms with Crippen LogP contribution in [0.2, 0.25) is 0 Å². The van der Waals surface area contributed by atoms with E-state index < -0.39 is 0 Å². The molecule has 0 aliphatic rings. The molecular formula is C9H15NS2. The zero-order valence-corrected chi connectivity index (χ0v) is 9.24. The molecule has 1 heterocycles. The molecule has 0 saturated heterocycles. The lowest BCUT2D eigenvalue weighted by atomic mass is 10.2. The average Bonchev–Trinajstić information content (AvgIpc) is 2.55. The van der Waals surface area contributed by atoms with Gasteiger partial charge in [-0.15, -0.1) is 11.3 Å². The van der Waals surface area contributed by atoms with Crippen molar-refractivity contribution in [3.63, 3.8) is 0 Å². The van der Waals surface area contributed by atoms with Gasteiger partial charge in [-0.05, 0) is 25.4 Å². The molecule has 0 aromatic carbocycles. The van der Waals surface area contributed by atoms with E-state index in [4.69, 9.17) is 0 Å². The van der Waals surface area contributed by atoms with Crippen molar-refractivity contribution in [1.82, 2.24) is 4.90 Å². The topological polar surface area (TPSA) is 3.24 Å². The van der Waals surface area contributed by atoms with Crippen molar-refractivity contribution in [1.29, 1.82) is 0 Å². The lowest BCUT2D eigenvalue weighted by Crippen LogP contribution is -2.23. The van der Waals surface area contributed by atoms with Crippen LogP contribution in [0.5, 0.6) is 0 Å². The zero-order valence-electron chi connectivity index (χ0n) is 7.53. The molecule has 3 heteroatoms. The molecule has 12 heavy (non-hydrogen) atoms. The van der Waals surface area contributed by atoms with Gasteiger partial charge in [-0.2, -0.15) is 12.6 Å². The van der Waals surface area contributed by atoms with E-state index in [-0.39, 0.29) is 0 Å². The van der Waals surface area contributed by atoms with Crippen molar-refractivity contribution in [2.75, 3.05) is 19.3 Å². The van der Waals surface area contributed by atoms with Gasteiger partial charge >= 0.3 is 0 Å². The van der Waals surface area contributed by atoms with Crippen LogP contribution in [0.4, 0.5) is 0 Å². The number of thiol groups is 1. The van der Waals surface area contributed by atoms with Gasteiger partial charge in [0.1, 0.15) is 0 Å². The second-order valence-corrected chi connectivity index (χ2v) is 4.32. The fourth-order valence-electron chi connectivity index (χ4n) is 1.10. The van der Waals surface area contributed by atoms with Crippen molar-refractivity contribution in [2.45, 2.75) is 13.0 Å². The zero-order chi connectivity index (χ0) is 8.97. The number of hydrogen-bond acceptors (Lipinski definition) is 3. The van der Waals surface area contributed by atoms with Gasteiger partial charge in [0, 0.05) is 23.2 Å². The Hall–Kier alpha value is 0.01000. The van der Waals surface area contributed by atoms with Gasteiger partial charge in [0.15, 0.2) is 0 Å². The van der Waals surface area contributed by atoms with Crippen LogP contribution in [-0.2, 0) is 0 Å². The van der Waals surface area contributed by atoms with Crippen LogP contribution in [0, 0.1) is 0 Å². The van der Waals surface area contributed by atoms with Crippen molar-refractivity contribution < 1.29 is 0 Å². The summed E-state index contributed by atoms with van der Waals surface area (Å²) in [6.07, 6.45) is 0. The van der Waals surface area contributed by atoms with Crippen LogP contribution in [0.3, 0.4) is 0 Å². The fraction of sp³-hybridized carbons (Fsp3) is 0.556. The molecule has 1 aromatic heterocycles. The molecular weight excluding hydrogens is 186 g/mol. The third-order valence-electron chi connectivity index (χ3n) is 2.07. The number of rotatable bonds is 4. The molecule has 1 unspecified atom stereocenters. The molecule has 1 atom stereocenters. The van der Waals surface area contributed by atoms with Gasteiger partial charge in [0.25, 0.3) is 0 Å².